The minimum Gasteiger partial charge on any atom is -0.359 e. The number of thiocarbonyl (C=S) groups is 1. The number of rotatable bonds is 2. The number of nitrogens with one attached hydrogen (secondary N) is 2. The second-order valence-electron chi connectivity index (χ2n) is 6.03. The molecular formula is C18H22N2S. The Labute approximate surface area is 131 Å². The maximum Gasteiger partial charge on any atom is 0.171 e. The third-order valence-electron chi connectivity index (χ3n) is 4.44. The van der Waals surface area contributed by atoms with Crippen molar-refractivity contribution in [3.8, 4) is 0 Å². The Balaban J connectivity index is 1.65. The second kappa shape index (κ2) is 6.44. The van der Waals surface area contributed by atoms with Crippen LogP contribution in [0.5, 0.6) is 0 Å². The Morgan fingerprint density at radius 1 is 1.05 bits per heavy atom. The third-order valence-corrected chi connectivity index (χ3v) is 4.66. The molecule has 0 bridgehead atoms. The van der Waals surface area contributed by atoms with Crippen molar-refractivity contribution in [2.24, 2.45) is 5.92 Å². The second-order valence-corrected chi connectivity index (χ2v) is 6.44. The molecule has 3 heteroatoms. The van der Waals surface area contributed by atoms with E-state index in [9.17, 15) is 0 Å². The number of anilines is 1. The normalized spacial score (nSPS) is 22.0. The highest BCUT2D eigenvalue weighted by Crippen LogP contribution is 2.24. The van der Waals surface area contributed by atoms with Gasteiger partial charge in [0.05, 0.1) is 0 Å². The van der Waals surface area contributed by atoms with Gasteiger partial charge in [-0.25, -0.2) is 0 Å². The van der Waals surface area contributed by atoms with E-state index in [4.69, 9.17) is 12.2 Å². The molecule has 0 radical (unpaired) electrons. The minimum absolute atomic E-state index is 0.513. The maximum absolute atomic E-state index is 5.47. The molecule has 2 aromatic carbocycles. The topological polar surface area (TPSA) is 24.1 Å². The van der Waals surface area contributed by atoms with Gasteiger partial charge < -0.3 is 10.6 Å². The average molecular weight is 298 g/mol. The summed E-state index contributed by atoms with van der Waals surface area (Å²) in [6.07, 6.45) is 5.18. The molecular weight excluding hydrogens is 276 g/mol. The molecule has 0 saturated heterocycles. The van der Waals surface area contributed by atoms with Gasteiger partial charge in [-0.1, -0.05) is 50.1 Å². The van der Waals surface area contributed by atoms with Gasteiger partial charge in [-0.05, 0) is 53.9 Å². The largest absolute Gasteiger partial charge is 0.359 e. The summed E-state index contributed by atoms with van der Waals surface area (Å²) in [4.78, 5) is 0. The smallest absolute Gasteiger partial charge is 0.171 e. The van der Waals surface area contributed by atoms with Gasteiger partial charge in [-0.2, -0.15) is 0 Å². The highest BCUT2D eigenvalue weighted by atomic mass is 32.1. The molecule has 0 amide bonds. The van der Waals surface area contributed by atoms with Gasteiger partial charge >= 0.3 is 0 Å². The molecule has 21 heavy (non-hydrogen) atoms. The van der Waals surface area contributed by atoms with E-state index in [2.05, 4.69) is 60.0 Å². The fraction of sp³-hybridized carbons (Fsp3) is 0.389. The summed E-state index contributed by atoms with van der Waals surface area (Å²) in [6.45, 7) is 2.31. The van der Waals surface area contributed by atoms with Gasteiger partial charge in [-0.15, -0.1) is 0 Å². The standard InChI is InChI=1S/C18H22N2S/c1-13-6-2-5-9-17(13)20-18(21)19-16-11-10-14-7-3-4-8-15(14)12-16/h3-4,7-8,10-13,17H,2,5-6,9H2,1H3,(H2,19,20,21)/t13-,17+/m0/s1. The Kier molecular flexibility index (Phi) is 4.39. The van der Waals surface area contributed by atoms with Crippen LogP contribution in [0, 0.1) is 5.92 Å². The molecule has 0 unspecified atom stereocenters. The highest BCUT2D eigenvalue weighted by molar-refractivity contribution is 7.80. The molecule has 2 aromatic rings. The van der Waals surface area contributed by atoms with Crippen molar-refractivity contribution >= 4 is 33.8 Å². The van der Waals surface area contributed by atoms with Crippen LogP contribution in [0.25, 0.3) is 10.8 Å². The van der Waals surface area contributed by atoms with Crippen LogP contribution in [0.3, 0.4) is 0 Å². The molecule has 1 saturated carbocycles. The number of hydrogen-bond donors (Lipinski definition) is 2. The van der Waals surface area contributed by atoms with Gasteiger partial charge in [0.25, 0.3) is 0 Å². The molecule has 1 fully saturated rings. The first-order chi connectivity index (χ1) is 10.2. The summed E-state index contributed by atoms with van der Waals surface area (Å²) in [5.74, 6) is 0.704. The number of benzene rings is 2. The summed E-state index contributed by atoms with van der Waals surface area (Å²) >= 11 is 5.47. The fourth-order valence-corrected chi connectivity index (χ4v) is 3.40. The first-order valence-electron chi connectivity index (χ1n) is 7.79. The lowest BCUT2D eigenvalue weighted by molar-refractivity contribution is 0.309. The summed E-state index contributed by atoms with van der Waals surface area (Å²) in [5.41, 5.74) is 1.05. The summed E-state index contributed by atoms with van der Waals surface area (Å²) in [5, 5.41) is 10.0. The lowest BCUT2D eigenvalue weighted by Gasteiger charge is -2.30. The Morgan fingerprint density at radius 2 is 1.81 bits per heavy atom. The Hall–Kier alpha value is -1.61. The average Bonchev–Trinajstić information content (AvgIpc) is 2.49. The molecule has 2 atom stereocenters. The molecule has 2 nitrogen and oxygen atoms in total. The van der Waals surface area contributed by atoms with Gasteiger partial charge in [0.15, 0.2) is 5.11 Å². The van der Waals surface area contributed by atoms with E-state index >= 15 is 0 Å². The maximum atomic E-state index is 5.47. The predicted molar refractivity (Wildman–Crippen MR) is 94.7 cm³/mol. The summed E-state index contributed by atoms with van der Waals surface area (Å²) < 4.78 is 0. The molecule has 0 aliphatic heterocycles. The highest BCUT2D eigenvalue weighted by Gasteiger charge is 2.21. The van der Waals surface area contributed by atoms with Crippen molar-refractivity contribution in [2.75, 3.05) is 5.32 Å². The van der Waals surface area contributed by atoms with Crippen LogP contribution < -0.4 is 10.6 Å². The lowest BCUT2D eigenvalue weighted by atomic mass is 9.86. The first kappa shape index (κ1) is 14.3. The third kappa shape index (κ3) is 3.53. The molecule has 1 aliphatic carbocycles. The van der Waals surface area contributed by atoms with Gasteiger partial charge in [0.2, 0.25) is 0 Å². The first-order valence-corrected chi connectivity index (χ1v) is 8.19. The van der Waals surface area contributed by atoms with E-state index in [1.165, 1.54) is 36.5 Å². The Bertz CT molecular complexity index is 638. The van der Waals surface area contributed by atoms with E-state index < -0.39 is 0 Å². The monoisotopic (exact) mass is 298 g/mol. The van der Waals surface area contributed by atoms with E-state index in [-0.39, 0.29) is 0 Å². The van der Waals surface area contributed by atoms with Crippen molar-refractivity contribution in [1.29, 1.82) is 0 Å². The Morgan fingerprint density at radius 3 is 2.62 bits per heavy atom. The molecule has 1 aliphatic rings. The quantitative estimate of drug-likeness (QED) is 0.786. The van der Waals surface area contributed by atoms with Crippen molar-refractivity contribution in [2.45, 2.75) is 38.6 Å². The van der Waals surface area contributed by atoms with E-state index in [0.29, 0.717) is 12.0 Å². The lowest BCUT2D eigenvalue weighted by Crippen LogP contribution is -2.43. The predicted octanol–water partition coefficient (Wildman–Crippen LogP) is 4.70. The molecule has 2 N–H and O–H groups in total. The molecule has 3 rings (SSSR count). The van der Waals surface area contributed by atoms with E-state index in [1.54, 1.807) is 0 Å². The number of hydrogen-bond acceptors (Lipinski definition) is 1. The zero-order chi connectivity index (χ0) is 14.7. The van der Waals surface area contributed by atoms with Crippen LogP contribution in [-0.4, -0.2) is 11.2 Å². The van der Waals surface area contributed by atoms with E-state index in [0.717, 1.165) is 10.8 Å². The van der Waals surface area contributed by atoms with Crippen LogP contribution in [-0.2, 0) is 0 Å². The van der Waals surface area contributed by atoms with Gasteiger partial charge in [0.1, 0.15) is 0 Å². The van der Waals surface area contributed by atoms with Crippen LogP contribution in [0.1, 0.15) is 32.6 Å². The minimum atomic E-state index is 0.513. The number of fused-ring (bicyclic) bond motifs is 1. The molecule has 110 valence electrons. The van der Waals surface area contributed by atoms with Crippen molar-refractivity contribution in [3.63, 3.8) is 0 Å². The molecule has 0 spiro atoms. The van der Waals surface area contributed by atoms with Crippen molar-refractivity contribution in [1.82, 2.24) is 5.32 Å². The van der Waals surface area contributed by atoms with Crippen LogP contribution in [0.4, 0.5) is 5.69 Å². The summed E-state index contributed by atoms with van der Waals surface area (Å²) in [6, 6.07) is 15.2. The van der Waals surface area contributed by atoms with Gasteiger partial charge in [-0.3, -0.25) is 0 Å². The van der Waals surface area contributed by atoms with Crippen molar-refractivity contribution < 1.29 is 0 Å². The summed E-state index contributed by atoms with van der Waals surface area (Å²) in [7, 11) is 0. The molecule has 0 heterocycles. The van der Waals surface area contributed by atoms with Gasteiger partial charge in [0, 0.05) is 11.7 Å². The van der Waals surface area contributed by atoms with Crippen molar-refractivity contribution in [3.05, 3.63) is 42.5 Å². The SMILES string of the molecule is C[C@H]1CCCC[C@H]1NC(=S)Nc1ccc2ccccc2c1. The van der Waals surface area contributed by atoms with Crippen LogP contribution >= 0.6 is 12.2 Å². The van der Waals surface area contributed by atoms with Crippen LogP contribution in [0.15, 0.2) is 42.5 Å². The van der Waals surface area contributed by atoms with Crippen LogP contribution in [0.2, 0.25) is 0 Å². The van der Waals surface area contributed by atoms with E-state index in [1.807, 2.05) is 0 Å². The molecule has 0 aromatic heterocycles. The zero-order valence-corrected chi connectivity index (χ0v) is 13.2. The fourth-order valence-electron chi connectivity index (χ4n) is 3.13. The zero-order valence-electron chi connectivity index (χ0n) is 12.4.